The molecule has 0 amide bonds. The van der Waals surface area contributed by atoms with Gasteiger partial charge in [0.15, 0.2) is 5.65 Å². The van der Waals surface area contributed by atoms with E-state index in [1.54, 1.807) is 0 Å². The molecule has 2 aromatic heterocycles. The Labute approximate surface area is 82.0 Å². The third kappa shape index (κ3) is 1.56. The van der Waals surface area contributed by atoms with E-state index in [1.807, 2.05) is 28.9 Å². The van der Waals surface area contributed by atoms with Gasteiger partial charge in [0.2, 0.25) is 0 Å². The maximum Gasteiger partial charge on any atom is 0.160 e. The van der Waals surface area contributed by atoms with E-state index in [4.69, 9.17) is 10.8 Å². The number of nitrogen functional groups attached to an aromatic ring is 1. The van der Waals surface area contributed by atoms with E-state index in [-0.39, 0.29) is 6.61 Å². The molecule has 2 rings (SSSR count). The number of pyridine rings is 1. The molecule has 4 heteroatoms. The Balaban J connectivity index is 2.36. The topological polar surface area (TPSA) is 63.5 Å². The fraction of sp³-hybridized carbons (Fsp3) is 0.300. The van der Waals surface area contributed by atoms with E-state index in [9.17, 15) is 0 Å². The van der Waals surface area contributed by atoms with Crippen LogP contribution >= 0.6 is 0 Å². The predicted molar refractivity (Wildman–Crippen MR) is 55.0 cm³/mol. The Morgan fingerprint density at radius 3 is 3.07 bits per heavy atom. The molecule has 4 nitrogen and oxygen atoms in total. The second-order valence-corrected chi connectivity index (χ2v) is 3.25. The van der Waals surface area contributed by atoms with Crippen molar-refractivity contribution in [2.45, 2.75) is 12.8 Å². The second kappa shape index (κ2) is 3.67. The van der Waals surface area contributed by atoms with Crippen molar-refractivity contribution in [3.05, 3.63) is 30.2 Å². The molecule has 2 heterocycles. The molecule has 0 saturated heterocycles. The first-order chi connectivity index (χ1) is 6.81. The number of nitrogens with zero attached hydrogens (tertiary/aromatic N) is 2. The minimum atomic E-state index is 0.198. The predicted octanol–water partition coefficient (Wildman–Crippen LogP) is 0.841. The summed E-state index contributed by atoms with van der Waals surface area (Å²) < 4.78 is 1.90. The summed E-state index contributed by atoms with van der Waals surface area (Å²) in [5, 5.41) is 8.70. The summed E-state index contributed by atoms with van der Waals surface area (Å²) in [5.41, 5.74) is 8.21. The fourth-order valence-corrected chi connectivity index (χ4v) is 1.47. The number of aliphatic hydroxyl groups excluding tert-OH is 1. The molecule has 0 radical (unpaired) electrons. The normalized spacial score (nSPS) is 10.9. The molecule has 0 saturated carbocycles. The van der Waals surface area contributed by atoms with Crippen molar-refractivity contribution in [2.75, 3.05) is 12.3 Å². The quantitative estimate of drug-likeness (QED) is 0.755. The molecule has 3 N–H and O–H groups in total. The average molecular weight is 191 g/mol. The first-order valence-electron chi connectivity index (χ1n) is 4.64. The first-order valence-corrected chi connectivity index (χ1v) is 4.64. The summed E-state index contributed by atoms with van der Waals surface area (Å²) in [7, 11) is 0. The number of aryl methyl sites for hydroxylation is 1. The van der Waals surface area contributed by atoms with Crippen molar-refractivity contribution in [2.24, 2.45) is 0 Å². The monoisotopic (exact) mass is 191 g/mol. The van der Waals surface area contributed by atoms with Gasteiger partial charge in [-0.2, -0.15) is 0 Å². The SMILES string of the molecule is Nc1cccn2cc(CCCO)nc12. The number of anilines is 1. The summed E-state index contributed by atoms with van der Waals surface area (Å²) in [4.78, 5) is 4.38. The highest BCUT2D eigenvalue weighted by Crippen LogP contribution is 2.13. The number of imidazole rings is 1. The molecule has 0 unspecified atom stereocenters. The number of fused-ring (bicyclic) bond motifs is 1. The van der Waals surface area contributed by atoms with Gasteiger partial charge in [0, 0.05) is 19.0 Å². The largest absolute Gasteiger partial charge is 0.396 e. The van der Waals surface area contributed by atoms with Gasteiger partial charge in [-0.15, -0.1) is 0 Å². The van der Waals surface area contributed by atoms with E-state index in [0.29, 0.717) is 5.69 Å². The van der Waals surface area contributed by atoms with Gasteiger partial charge in [0.05, 0.1) is 11.4 Å². The van der Waals surface area contributed by atoms with E-state index >= 15 is 0 Å². The zero-order valence-electron chi connectivity index (χ0n) is 7.85. The van der Waals surface area contributed by atoms with Crippen LogP contribution in [0.25, 0.3) is 5.65 Å². The highest BCUT2D eigenvalue weighted by atomic mass is 16.2. The molecule has 0 spiro atoms. The molecule has 0 bridgehead atoms. The summed E-state index contributed by atoms with van der Waals surface area (Å²) in [5.74, 6) is 0. The minimum absolute atomic E-state index is 0.198. The highest BCUT2D eigenvalue weighted by molar-refractivity contribution is 5.64. The Morgan fingerprint density at radius 1 is 1.50 bits per heavy atom. The van der Waals surface area contributed by atoms with Gasteiger partial charge in [-0.25, -0.2) is 4.98 Å². The lowest BCUT2D eigenvalue weighted by atomic mass is 10.3. The Bertz CT molecular complexity index is 436. The third-order valence-electron chi connectivity index (χ3n) is 2.15. The third-order valence-corrected chi connectivity index (χ3v) is 2.15. The molecule has 74 valence electrons. The number of rotatable bonds is 3. The number of aliphatic hydroxyl groups is 1. The van der Waals surface area contributed by atoms with E-state index in [2.05, 4.69) is 4.98 Å². The molecule has 0 aliphatic heterocycles. The van der Waals surface area contributed by atoms with Crippen LogP contribution in [0.5, 0.6) is 0 Å². The van der Waals surface area contributed by atoms with Crippen LogP contribution in [-0.4, -0.2) is 21.1 Å². The standard InChI is InChI=1S/C10H13N3O/c11-9-4-1-5-13-7-8(3-2-6-14)12-10(9)13/h1,4-5,7,14H,2-3,6,11H2. The van der Waals surface area contributed by atoms with Crippen LogP contribution in [0.15, 0.2) is 24.5 Å². The van der Waals surface area contributed by atoms with Gasteiger partial charge < -0.3 is 15.2 Å². The zero-order chi connectivity index (χ0) is 9.97. The summed E-state index contributed by atoms with van der Waals surface area (Å²) >= 11 is 0. The van der Waals surface area contributed by atoms with Crippen molar-refractivity contribution in [3.63, 3.8) is 0 Å². The molecule has 0 fully saturated rings. The smallest absolute Gasteiger partial charge is 0.160 e. The van der Waals surface area contributed by atoms with Gasteiger partial charge >= 0.3 is 0 Å². The van der Waals surface area contributed by atoms with Crippen LogP contribution in [-0.2, 0) is 6.42 Å². The number of aromatic nitrogens is 2. The van der Waals surface area contributed by atoms with Crippen LogP contribution in [0.2, 0.25) is 0 Å². The highest BCUT2D eigenvalue weighted by Gasteiger charge is 2.02. The Morgan fingerprint density at radius 2 is 2.36 bits per heavy atom. The Kier molecular flexibility index (Phi) is 2.37. The maximum atomic E-state index is 8.70. The maximum absolute atomic E-state index is 8.70. The van der Waals surface area contributed by atoms with E-state index in [1.165, 1.54) is 0 Å². The molecule has 0 atom stereocenters. The fourth-order valence-electron chi connectivity index (χ4n) is 1.47. The molecule has 0 aliphatic carbocycles. The summed E-state index contributed by atoms with van der Waals surface area (Å²) in [6.07, 6.45) is 5.39. The van der Waals surface area contributed by atoms with Crippen LogP contribution in [0.3, 0.4) is 0 Å². The lowest BCUT2D eigenvalue weighted by Crippen LogP contribution is -1.90. The van der Waals surface area contributed by atoms with E-state index in [0.717, 1.165) is 24.2 Å². The van der Waals surface area contributed by atoms with Crippen molar-refractivity contribution >= 4 is 11.3 Å². The molecule has 0 aliphatic rings. The van der Waals surface area contributed by atoms with Gasteiger partial charge in [0.25, 0.3) is 0 Å². The molecule has 0 aromatic carbocycles. The van der Waals surface area contributed by atoms with Gasteiger partial charge in [-0.1, -0.05) is 0 Å². The van der Waals surface area contributed by atoms with Crippen LogP contribution < -0.4 is 5.73 Å². The lowest BCUT2D eigenvalue weighted by molar-refractivity contribution is 0.288. The number of nitrogens with two attached hydrogens (primary N) is 1. The number of hydrogen-bond acceptors (Lipinski definition) is 3. The van der Waals surface area contributed by atoms with Gasteiger partial charge in [-0.05, 0) is 25.0 Å². The minimum Gasteiger partial charge on any atom is -0.396 e. The summed E-state index contributed by atoms with van der Waals surface area (Å²) in [6.45, 7) is 0.198. The van der Waals surface area contributed by atoms with Crippen molar-refractivity contribution < 1.29 is 5.11 Å². The molecular weight excluding hydrogens is 178 g/mol. The van der Waals surface area contributed by atoms with Crippen molar-refractivity contribution in [3.8, 4) is 0 Å². The van der Waals surface area contributed by atoms with Gasteiger partial charge in [-0.3, -0.25) is 0 Å². The van der Waals surface area contributed by atoms with Crippen molar-refractivity contribution in [1.82, 2.24) is 9.38 Å². The van der Waals surface area contributed by atoms with Crippen LogP contribution in [0.4, 0.5) is 5.69 Å². The molecule has 14 heavy (non-hydrogen) atoms. The zero-order valence-corrected chi connectivity index (χ0v) is 7.85. The number of hydrogen-bond donors (Lipinski definition) is 2. The first kappa shape index (κ1) is 9.02. The van der Waals surface area contributed by atoms with Crippen LogP contribution in [0, 0.1) is 0 Å². The average Bonchev–Trinajstić information content (AvgIpc) is 2.59. The van der Waals surface area contributed by atoms with Crippen molar-refractivity contribution in [1.29, 1.82) is 0 Å². The molecule has 2 aromatic rings. The Hall–Kier alpha value is -1.55. The van der Waals surface area contributed by atoms with E-state index < -0.39 is 0 Å². The molecular formula is C10H13N3O. The second-order valence-electron chi connectivity index (χ2n) is 3.25. The van der Waals surface area contributed by atoms with Gasteiger partial charge in [0.1, 0.15) is 0 Å². The summed E-state index contributed by atoms with van der Waals surface area (Å²) in [6, 6.07) is 3.72. The lowest BCUT2D eigenvalue weighted by Gasteiger charge is -1.94. The van der Waals surface area contributed by atoms with Crippen LogP contribution in [0.1, 0.15) is 12.1 Å².